The van der Waals surface area contributed by atoms with Crippen molar-refractivity contribution >= 4 is 28.3 Å². The lowest BCUT2D eigenvalue weighted by Gasteiger charge is -2.04. The van der Waals surface area contributed by atoms with Gasteiger partial charge in [0, 0.05) is 5.56 Å². The molecule has 1 aromatic carbocycles. The number of ketones is 1. The van der Waals surface area contributed by atoms with E-state index in [1.165, 1.54) is 13.0 Å². The minimum atomic E-state index is -0.652. The maximum atomic E-state index is 11.0. The lowest BCUT2D eigenvalue weighted by Crippen LogP contribution is -2.04. The lowest BCUT2D eigenvalue weighted by molar-refractivity contribution is 0.101. The first-order valence-electron chi connectivity index (χ1n) is 3.63. The number of hydrogen-bond donors (Lipinski definition) is 1. The standard InChI is InChI=1S/C9H8ClNO2/c1-5(12)6-3-2-4-7(8(6)11)9(10)13/h2-4H,11H2,1H3. The van der Waals surface area contributed by atoms with E-state index in [0.717, 1.165) is 0 Å². The normalized spacial score (nSPS) is 9.69. The van der Waals surface area contributed by atoms with Crippen LogP contribution in [0.1, 0.15) is 27.6 Å². The molecule has 0 spiro atoms. The van der Waals surface area contributed by atoms with Crippen molar-refractivity contribution in [2.75, 3.05) is 5.73 Å². The lowest BCUT2D eigenvalue weighted by atomic mass is 10.1. The van der Waals surface area contributed by atoms with Crippen LogP contribution >= 0.6 is 11.6 Å². The third kappa shape index (κ3) is 1.87. The molecule has 0 aliphatic heterocycles. The number of carbonyl (C=O) groups is 2. The smallest absolute Gasteiger partial charge is 0.254 e. The van der Waals surface area contributed by atoms with E-state index in [2.05, 4.69) is 0 Å². The fourth-order valence-electron chi connectivity index (χ4n) is 1.04. The van der Waals surface area contributed by atoms with Crippen LogP contribution < -0.4 is 5.73 Å². The first kappa shape index (κ1) is 9.74. The second-order valence-corrected chi connectivity index (χ2v) is 2.94. The van der Waals surface area contributed by atoms with Crippen LogP contribution in [0.4, 0.5) is 5.69 Å². The summed E-state index contributed by atoms with van der Waals surface area (Å²) in [4.78, 5) is 21.8. The van der Waals surface area contributed by atoms with Gasteiger partial charge in [0.1, 0.15) is 0 Å². The zero-order valence-corrected chi connectivity index (χ0v) is 7.76. The molecule has 1 aromatic rings. The van der Waals surface area contributed by atoms with Crippen LogP contribution in [-0.4, -0.2) is 11.0 Å². The molecule has 0 unspecified atom stereocenters. The molecular weight excluding hydrogens is 190 g/mol. The molecule has 68 valence electrons. The summed E-state index contributed by atoms with van der Waals surface area (Å²) in [5.74, 6) is -0.183. The summed E-state index contributed by atoms with van der Waals surface area (Å²) in [7, 11) is 0. The van der Waals surface area contributed by atoms with Crippen LogP contribution in [0.15, 0.2) is 18.2 Å². The average molecular weight is 198 g/mol. The van der Waals surface area contributed by atoms with Crippen LogP contribution in [0, 0.1) is 0 Å². The van der Waals surface area contributed by atoms with Gasteiger partial charge in [-0.3, -0.25) is 9.59 Å². The third-order valence-corrected chi connectivity index (χ3v) is 1.90. The largest absolute Gasteiger partial charge is 0.398 e. The monoisotopic (exact) mass is 197 g/mol. The van der Waals surface area contributed by atoms with Crippen LogP contribution in [0.5, 0.6) is 0 Å². The Hall–Kier alpha value is -1.35. The minimum Gasteiger partial charge on any atom is -0.398 e. The van der Waals surface area contributed by atoms with E-state index in [4.69, 9.17) is 17.3 Å². The molecule has 0 saturated carbocycles. The van der Waals surface area contributed by atoms with Crippen molar-refractivity contribution in [3.05, 3.63) is 29.3 Å². The van der Waals surface area contributed by atoms with Crippen molar-refractivity contribution in [3.8, 4) is 0 Å². The van der Waals surface area contributed by atoms with E-state index in [-0.39, 0.29) is 17.0 Å². The third-order valence-electron chi connectivity index (χ3n) is 1.70. The number of carbonyl (C=O) groups excluding carboxylic acids is 2. The van der Waals surface area contributed by atoms with Gasteiger partial charge in [0.2, 0.25) is 0 Å². The molecule has 0 fully saturated rings. The van der Waals surface area contributed by atoms with Gasteiger partial charge in [-0.25, -0.2) is 0 Å². The number of nitrogen functional groups attached to an aromatic ring is 1. The van der Waals surface area contributed by atoms with Gasteiger partial charge in [0.05, 0.1) is 11.3 Å². The van der Waals surface area contributed by atoms with Crippen molar-refractivity contribution in [2.24, 2.45) is 0 Å². The Balaban J connectivity index is 3.35. The average Bonchev–Trinajstić information content (AvgIpc) is 2.03. The van der Waals surface area contributed by atoms with Crippen LogP contribution in [0.2, 0.25) is 0 Å². The van der Waals surface area contributed by atoms with Gasteiger partial charge in [-0.05, 0) is 30.7 Å². The molecule has 0 heterocycles. The Morgan fingerprint density at radius 3 is 2.31 bits per heavy atom. The molecule has 13 heavy (non-hydrogen) atoms. The highest BCUT2D eigenvalue weighted by Gasteiger charge is 2.12. The van der Waals surface area contributed by atoms with Crippen molar-refractivity contribution in [1.29, 1.82) is 0 Å². The Kier molecular flexibility index (Phi) is 2.68. The summed E-state index contributed by atoms with van der Waals surface area (Å²) < 4.78 is 0. The first-order chi connectivity index (χ1) is 6.04. The molecule has 0 radical (unpaired) electrons. The number of nitrogens with two attached hydrogens (primary N) is 1. The van der Waals surface area contributed by atoms with Crippen molar-refractivity contribution < 1.29 is 9.59 Å². The summed E-state index contributed by atoms with van der Waals surface area (Å²) in [6, 6.07) is 4.61. The molecule has 2 N–H and O–H groups in total. The van der Waals surface area contributed by atoms with Crippen molar-refractivity contribution in [1.82, 2.24) is 0 Å². The molecule has 0 saturated heterocycles. The van der Waals surface area contributed by atoms with Gasteiger partial charge >= 0.3 is 0 Å². The molecule has 0 aliphatic rings. The predicted octanol–water partition coefficient (Wildman–Crippen LogP) is 1.85. The fourth-order valence-corrected chi connectivity index (χ4v) is 1.21. The SMILES string of the molecule is CC(=O)c1cccc(C(=O)Cl)c1N. The molecular formula is C9H8ClNO2. The number of rotatable bonds is 2. The van der Waals surface area contributed by atoms with E-state index in [0.29, 0.717) is 5.56 Å². The van der Waals surface area contributed by atoms with Gasteiger partial charge in [-0.15, -0.1) is 0 Å². The first-order valence-corrected chi connectivity index (χ1v) is 4.01. The Bertz CT molecular complexity index is 342. The Labute approximate surface area is 80.5 Å². The van der Waals surface area contributed by atoms with Crippen molar-refractivity contribution in [3.63, 3.8) is 0 Å². The summed E-state index contributed by atoms with van der Waals surface area (Å²) in [5, 5.41) is -0.652. The van der Waals surface area contributed by atoms with Gasteiger partial charge < -0.3 is 5.73 Å². The van der Waals surface area contributed by atoms with E-state index in [1.54, 1.807) is 12.1 Å². The molecule has 0 bridgehead atoms. The molecule has 3 nitrogen and oxygen atoms in total. The van der Waals surface area contributed by atoms with Gasteiger partial charge in [-0.2, -0.15) is 0 Å². The second kappa shape index (κ2) is 3.58. The predicted molar refractivity (Wildman–Crippen MR) is 51.0 cm³/mol. The maximum absolute atomic E-state index is 11.0. The van der Waals surface area contributed by atoms with Gasteiger partial charge in [0.15, 0.2) is 5.78 Å². The highest BCUT2D eigenvalue weighted by molar-refractivity contribution is 6.68. The minimum absolute atomic E-state index is 0.148. The molecule has 1 rings (SSSR count). The summed E-state index contributed by atoms with van der Waals surface area (Å²) in [6.07, 6.45) is 0. The number of para-hydroxylation sites is 1. The zero-order chi connectivity index (χ0) is 10.0. The summed E-state index contributed by atoms with van der Waals surface area (Å²) in [5.41, 5.74) is 6.21. The maximum Gasteiger partial charge on any atom is 0.254 e. The summed E-state index contributed by atoms with van der Waals surface area (Å²) >= 11 is 5.25. The number of hydrogen-bond acceptors (Lipinski definition) is 3. The number of Topliss-reactive ketones (excluding diaryl/α,β-unsaturated/α-hetero) is 1. The molecule has 4 heteroatoms. The van der Waals surface area contributed by atoms with E-state index in [1.807, 2.05) is 0 Å². The Morgan fingerprint density at radius 1 is 1.31 bits per heavy atom. The van der Waals surface area contributed by atoms with Gasteiger partial charge in [-0.1, -0.05) is 6.07 Å². The number of halogens is 1. The van der Waals surface area contributed by atoms with E-state index < -0.39 is 5.24 Å². The fraction of sp³-hybridized carbons (Fsp3) is 0.111. The second-order valence-electron chi connectivity index (χ2n) is 2.60. The molecule has 0 aromatic heterocycles. The molecule has 0 atom stereocenters. The topological polar surface area (TPSA) is 60.2 Å². The highest BCUT2D eigenvalue weighted by atomic mass is 35.5. The zero-order valence-electron chi connectivity index (χ0n) is 7.00. The van der Waals surface area contributed by atoms with Crippen LogP contribution in [0.3, 0.4) is 0 Å². The van der Waals surface area contributed by atoms with Crippen molar-refractivity contribution in [2.45, 2.75) is 6.92 Å². The van der Waals surface area contributed by atoms with Crippen LogP contribution in [-0.2, 0) is 0 Å². The van der Waals surface area contributed by atoms with Gasteiger partial charge in [0.25, 0.3) is 5.24 Å². The highest BCUT2D eigenvalue weighted by Crippen LogP contribution is 2.19. The number of anilines is 1. The van der Waals surface area contributed by atoms with E-state index in [9.17, 15) is 9.59 Å². The van der Waals surface area contributed by atoms with E-state index >= 15 is 0 Å². The van der Waals surface area contributed by atoms with Crippen LogP contribution in [0.25, 0.3) is 0 Å². The quantitative estimate of drug-likeness (QED) is 0.447. The number of benzene rings is 1. The molecule has 0 amide bonds. The summed E-state index contributed by atoms with van der Waals surface area (Å²) in [6.45, 7) is 1.38. The Morgan fingerprint density at radius 2 is 1.85 bits per heavy atom. The molecule has 0 aliphatic carbocycles.